The van der Waals surface area contributed by atoms with Crippen molar-refractivity contribution in [2.24, 2.45) is 5.73 Å². The van der Waals surface area contributed by atoms with Crippen LogP contribution in [0.1, 0.15) is 12.5 Å². The van der Waals surface area contributed by atoms with Gasteiger partial charge in [-0.05, 0) is 12.5 Å². The molecule has 0 aromatic heterocycles. The lowest BCUT2D eigenvalue weighted by atomic mass is 9.94. The van der Waals surface area contributed by atoms with Crippen molar-refractivity contribution in [2.45, 2.75) is 12.5 Å². The van der Waals surface area contributed by atoms with Gasteiger partial charge in [-0.1, -0.05) is 36.4 Å². The van der Waals surface area contributed by atoms with Gasteiger partial charge in [0.15, 0.2) is 0 Å². The van der Waals surface area contributed by atoms with Crippen molar-refractivity contribution in [1.29, 1.82) is 0 Å². The molecule has 11 heavy (non-hydrogen) atoms. The molecule has 0 fully saturated rings. The van der Waals surface area contributed by atoms with Gasteiger partial charge >= 0.3 is 0 Å². The fourth-order valence-corrected chi connectivity index (χ4v) is 0.915. The van der Waals surface area contributed by atoms with E-state index in [1.807, 2.05) is 37.3 Å². The maximum absolute atomic E-state index is 5.92. The average molecular weight is 147 g/mol. The Hall–Kier alpha value is -1.08. The minimum Gasteiger partial charge on any atom is -0.318 e. The molecule has 1 aromatic carbocycles. The summed E-state index contributed by atoms with van der Waals surface area (Å²) in [6, 6.07) is 9.93. The van der Waals surface area contributed by atoms with Gasteiger partial charge in [-0.25, -0.2) is 0 Å². The van der Waals surface area contributed by atoms with Crippen LogP contribution in [-0.4, -0.2) is 0 Å². The first kappa shape index (κ1) is 8.02. The summed E-state index contributed by atoms with van der Waals surface area (Å²) in [6.07, 6.45) is 1.75. The number of nitrogens with two attached hydrogens (primary N) is 1. The van der Waals surface area contributed by atoms with Crippen molar-refractivity contribution in [1.82, 2.24) is 0 Å². The second-order valence-corrected chi connectivity index (χ2v) is 2.85. The third kappa shape index (κ3) is 1.69. The lowest BCUT2D eigenvalue weighted by molar-refractivity contribution is 0.632. The van der Waals surface area contributed by atoms with Gasteiger partial charge in [-0.15, -0.1) is 6.58 Å². The van der Waals surface area contributed by atoms with Crippen LogP contribution < -0.4 is 5.73 Å². The van der Waals surface area contributed by atoms with E-state index in [0.717, 1.165) is 5.56 Å². The van der Waals surface area contributed by atoms with Crippen molar-refractivity contribution in [2.75, 3.05) is 0 Å². The van der Waals surface area contributed by atoms with E-state index >= 15 is 0 Å². The molecule has 0 spiro atoms. The van der Waals surface area contributed by atoms with E-state index in [1.165, 1.54) is 0 Å². The van der Waals surface area contributed by atoms with Crippen molar-refractivity contribution in [3.63, 3.8) is 0 Å². The number of hydrogen-bond donors (Lipinski definition) is 1. The van der Waals surface area contributed by atoms with Crippen molar-refractivity contribution < 1.29 is 0 Å². The van der Waals surface area contributed by atoms with Crippen LogP contribution >= 0.6 is 0 Å². The van der Waals surface area contributed by atoms with E-state index in [2.05, 4.69) is 6.58 Å². The van der Waals surface area contributed by atoms with Gasteiger partial charge in [0.25, 0.3) is 0 Å². The number of hydrogen-bond acceptors (Lipinski definition) is 1. The third-order valence-electron chi connectivity index (χ3n) is 1.82. The molecule has 0 aliphatic carbocycles. The van der Waals surface area contributed by atoms with Crippen LogP contribution in [0.5, 0.6) is 0 Å². The standard InChI is InChI=1S/C10H13N/c1-3-10(2,11)9-7-5-4-6-8-9/h3-8H,1,11H2,2H3. The van der Waals surface area contributed by atoms with Gasteiger partial charge < -0.3 is 5.73 Å². The molecule has 0 heterocycles. The molecule has 2 N–H and O–H groups in total. The monoisotopic (exact) mass is 147 g/mol. The summed E-state index contributed by atoms with van der Waals surface area (Å²) < 4.78 is 0. The first-order valence-electron chi connectivity index (χ1n) is 3.65. The molecule has 0 amide bonds. The van der Waals surface area contributed by atoms with Gasteiger partial charge in [0.05, 0.1) is 5.54 Å². The maximum atomic E-state index is 5.92. The fraction of sp³-hybridized carbons (Fsp3) is 0.200. The van der Waals surface area contributed by atoms with Crippen LogP contribution in [0.2, 0.25) is 0 Å². The van der Waals surface area contributed by atoms with E-state index in [9.17, 15) is 0 Å². The molecule has 0 bridgehead atoms. The van der Waals surface area contributed by atoms with Gasteiger partial charge in [0.1, 0.15) is 0 Å². The van der Waals surface area contributed by atoms with Crippen molar-refractivity contribution >= 4 is 0 Å². The smallest absolute Gasteiger partial charge is 0.0564 e. The van der Waals surface area contributed by atoms with Crippen LogP contribution in [-0.2, 0) is 5.54 Å². The summed E-state index contributed by atoms with van der Waals surface area (Å²) in [5.41, 5.74) is 6.61. The molecule has 1 atom stereocenters. The lowest BCUT2D eigenvalue weighted by Gasteiger charge is -2.19. The van der Waals surface area contributed by atoms with E-state index in [1.54, 1.807) is 6.08 Å². The van der Waals surface area contributed by atoms with Crippen molar-refractivity contribution in [3.05, 3.63) is 48.6 Å². The molecule has 0 aliphatic heterocycles. The zero-order valence-electron chi connectivity index (χ0n) is 6.75. The number of benzene rings is 1. The Morgan fingerprint density at radius 1 is 1.36 bits per heavy atom. The van der Waals surface area contributed by atoms with Crippen LogP contribution in [0, 0.1) is 0 Å². The molecule has 1 nitrogen and oxygen atoms in total. The second-order valence-electron chi connectivity index (χ2n) is 2.85. The SMILES string of the molecule is C=CC(C)(N)c1ccccc1. The van der Waals surface area contributed by atoms with Gasteiger partial charge in [-0.2, -0.15) is 0 Å². The Morgan fingerprint density at radius 3 is 2.36 bits per heavy atom. The molecule has 58 valence electrons. The van der Waals surface area contributed by atoms with E-state index in [0.29, 0.717) is 0 Å². The highest BCUT2D eigenvalue weighted by Crippen LogP contribution is 2.17. The molecule has 1 unspecified atom stereocenters. The third-order valence-corrected chi connectivity index (χ3v) is 1.82. The van der Waals surface area contributed by atoms with Crippen LogP contribution in [0.4, 0.5) is 0 Å². The Bertz CT molecular complexity index is 236. The Morgan fingerprint density at radius 2 is 1.91 bits per heavy atom. The largest absolute Gasteiger partial charge is 0.318 e. The molecule has 1 aromatic rings. The zero-order valence-corrected chi connectivity index (χ0v) is 6.75. The highest BCUT2D eigenvalue weighted by atomic mass is 14.7. The molecule has 0 saturated heterocycles. The normalized spacial score (nSPS) is 15.5. The first-order chi connectivity index (χ1) is 5.17. The van der Waals surface area contributed by atoms with Crippen LogP contribution in [0.15, 0.2) is 43.0 Å². The highest BCUT2D eigenvalue weighted by molar-refractivity contribution is 5.26. The Labute approximate surface area is 67.5 Å². The maximum Gasteiger partial charge on any atom is 0.0564 e. The summed E-state index contributed by atoms with van der Waals surface area (Å²) in [7, 11) is 0. The molecular formula is C10H13N. The predicted molar refractivity (Wildman–Crippen MR) is 48.2 cm³/mol. The summed E-state index contributed by atoms with van der Waals surface area (Å²) >= 11 is 0. The fourth-order valence-electron chi connectivity index (χ4n) is 0.915. The summed E-state index contributed by atoms with van der Waals surface area (Å²) in [5, 5.41) is 0. The van der Waals surface area contributed by atoms with Crippen LogP contribution in [0.3, 0.4) is 0 Å². The molecular weight excluding hydrogens is 134 g/mol. The summed E-state index contributed by atoms with van der Waals surface area (Å²) in [5.74, 6) is 0. The highest BCUT2D eigenvalue weighted by Gasteiger charge is 2.14. The van der Waals surface area contributed by atoms with Gasteiger partial charge in [0.2, 0.25) is 0 Å². The quantitative estimate of drug-likeness (QED) is 0.636. The molecule has 0 radical (unpaired) electrons. The Balaban J connectivity index is 3.02. The molecule has 1 heteroatoms. The zero-order chi connectivity index (χ0) is 8.32. The van der Waals surface area contributed by atoms with Crippen molar-refractivity contribution in [3.8, 4) is 0 Å². The van der Waals surface area contributed by atoms with E-state index < -0.39 is 5.54 Å². The number of rotatable bonds is 2. The minimum atomic E-state index is -0.402. The van der Waals surface area contributed by atoms with E-state index in [4.69, 9.17) is 5.73 Å². The minimum absolute atomic E-state index is 0.402. The summed E-state index contributed by atoms with van der Waals surface area (Å²) in [4.78, 5) is 0. The molecule has 0 saturated carbocycles. The van der Waals surface area contributed by atoms with Gasteiger partial charge in [-0.3, -0.25) is 0 Å². The molecule has 1 rings (SSSR count). The lowest BCUT2D eigenvalue weighted by Crippen LogP contribution is -2.29. The Kier molecular flexibility index (Phi) is 2.11. The van der Waals surface area contributed by atoms with E-state index in [-0.39, 0.29) is 0 Å². The van der Waals surface area contributed by atoms with Gasteiger partial charge in [0, 0.05) is 0 Å². The summed E-state index contributed by atoms with van der Waals surface area (Å²) in [6.45, 7) is 5.62. The average Bonchev–Trinajstić information content (AvgIpc) is 2.06. The second kappa shape index (κ2) is 2.89. The first-order valence-corrected chi connectivity index (χ1v) is 3.65. The topological polar surface area (TPSA) is 26.0 Å². The molecule has 0 aliphatic rings. The van der Waals surface area contributed by atoms with Crippen LogP contribution in [0.25, 0.3) is 0 Å². The predicted octanol–water partition coefficient (Wildman–Crippen LogP) is 2.05.